The van der Waals surface area contributed by atoms with Crippen LogP contribution in [0.4, 0.5) is 5.69 Å². The van der Waals surface area contributed by atoms with Crippen molar-refractivity contribution in [2.24, 2.45) is 0 Å². The van der Waals surface area contributed by atoms with Crippen molar-refractivity contribution in [2.75, 3.05) is 11.9 Å². The highest BCUT2D eigenvalue weighted by Gasteiger charge is 2.17. The predicted octanol–water partition coefficient (Wildman–Crippen LogP) is 2.67. The highest BCUT2D eigenvalue weighted by atomic mass is 79.9. The van der Waals surface area contributed by atoms with Crippen LogP contribution in [0.2, 0.25) is 0 Å². The molecule has 0 aliphatic rings. The summed E-state index contributed by atoms with van der Waals surface area (Å²) in [5, 5.41) is 20.8. The first-order chi connectivity index (χ1) is 7.97. The summed E-state index contributed by atoms with van der Waals surface area (Å²) in [5.41, 5.74) is 0.297. The van der Waals surface area contributed by atoms with Gasteiger partial charge in [-0.25, -0.2) is 9.59 Å². The number of carboxylic acid groups (broad SMARTS) is 2. The number of benzene rings is 1. The van der Waals surface area contributed by atoms with E-state index >= 15 is 0 Å². The second-order valence-corrected chi connectivity index (χ2v) is 4.27. The van der Waals surface area contributed by atoms with Gasteiger partial charge in [0.05, 0.1) is 16.8 Å². The van der Waals surface area contributed by atoms with Gasteiger partial charge in [-0.15, -0.1) is 0 Å². The van der Waals surface area contributed by atoms with Crippen LogP contribution in [0.15, 0.2) is 16.6 Å². The maximum atomic E-state index is 11.1. The summed E-state index contributed by atoms with van der Waals surface area (Å²) in [6, 6.07) is 2.53. The first-order valence-electron chi connectivity index (χ1n) is 5.01. The van der Waals surface area contributed by atoms with Crippen molar-refractivity contribution in [3.05, 3.63) is 27.7 Å². The fourth-order valence-corrected chi connectivity index (χ4v) is 1.93. The lowest BCUT2D eigenvalue weighted by Crippen LogP contribution is -2.10. The Balaban J connectivity index is 3.28. The summed E-state index contributed by atoms with van der Waals surface area (Å²) in [4.78, 5) is 21.9. The number of halogens is 1. The molecule has 3 N–H and O–H groups in total. The largest absolute Gasteiger partial charge is 0.478 e. The zero-order valence-electron chi connectivity index (χ0n) is 9.16. The van der Waals surface area contributed by atoms with Gasteiger partial charge in [-0.2, -0.15) is 0 Å². The molecule has 0 aliphatic heterocycles. The van der Waals surface area contributed by atoms with Gasteiger partial charge in [0.15, 0.2) is 0 Å². The molecule has 6 heteroatoms. The molecule has 0 saturated carbocycles. The first-order valence-corrected chi connectivity index (χ1v) is 5.80. The summed E-state index contributed by atoms with van der Waals surface area (Å²) in [6.07, 6.45) is 0.839. The number of nitrogens with one attached hydrogen (secondary N) is 1. The third-order valence-electron chi connectivity index (χ3n) is 2.12. The molecule has 0 fully saturated rings. The highest BCUT2D eigenvalue weighted by Crippen LogP contribution is 2.28. The van der Waals surface area contributed by atoms with Crippen molar-refractivity contribution in [2.45, 2.75) is 13.3 Å². The van der Waals surface area contributed by atoms with Crippen molar-refractivity contribution in [1.82, 2.24) is 0 Å². The fourth-order valence-electron chi connectivity index (χ4n) is 1.33. The van der Waals surface area contributed by atoms with Crippen molar-refractivity contribution in [3.63, 3.8) is 0 Å². The van der Waals surface area contributed by atoms with Crippen LogP contribution in [-0.2, 0) is 0 Å². The fraction of sp³-hybridized carbons (Fsp3) is 0.273. The Labute approximate surface area is 107 Å². The molecule has 92 valence electrons. The van der Waals surface area contributed by atoms with Gasteiger partial charge in [0.1, 0.15) is 0 Å². The molecular formula is C11H12BrNO4. The summed E-state index contributed by atoms with van der Waals surface area (Å²) < 4.78 is 0.434. The molecular weight excluding hydrogens is 290 g/mol. The normalized spacial score (nSPS) is 10.0. The molecule has 1 rings (SSSR count). The Kier molecular flexibility index (Phi) is 4.51. The topological polar surface area (TPSA) is 86.6 Å². The summed E-state index contributed by atoms with van der Waals surface area (Å²) >= 11 is 3.18. The highest BCUT2D eigenvalue weighted by molar-refractivity contribution is 9.10. The van der Waals surface area contributed by atoms with Gasteiger partial charge in [0.2, 0.25) is 0 Å². The van der Waals surface area contributed by atoms with E-state index in [1.165, 1.54) is 6.07 Å². The van der Waals surface area contributed by atoms with Crippen LogP contribution < -0.4 is 5.32 Å². The quantitative estimate of drug-likeness (QED) is 0.778. The SMILES string of the molecule is CCCNc1c(Br)cc(C(=O)O)cc1C(=O)O. The number of rotatable bonds is 5. The van der Waals surface area contributed by atoms with E-state index in [0.717, 1.165) is 12.5 Å². The Hall–Kier alpha value is -1.56. The predicted molar refractivity (Wildman–Crippen MR) is 66.8 cm³/mol. The molecule has 0 unspecified atom stereocenters. The van der Waals surface area contributed by atoms with Crippen molar-refractivity contribution < 1.29 is 19.8 Å². The zero-order valence-corrected chi connectivity index (χ0v) is 10.7. The van der Waals surface area contributed by atoms with Crippen molar-refractivity contribution in [1.29, 1.82) is 0 Å². The van der Waals surface area contributed by atoms with E-state index < -0.39 is 11.9 Å². The molecule has 1 aromatic carbocycles. The van der Waals surface area contributed by atoms with Gasteiger partial charge in [0.25, 0.3) is 0 Å². The van der Waals surface area contributed by atoms with Crippen LogP contribution in [0, 0.1) is 0 Å². The van der Waals surface area contributed by atoms with E-state index in [4.69, 9.17) is 10.2 Å². The Morgan fingerprint density at radius 1 is 1.29 bits per heavy atom. The van der Waals surface area contributed by atoms with E-state index in [1.54, 1.807) is 0 Å². The Morgan fingerprint density at radius 2 is 1.94 bits per heavy atom. The van der Waals surface area contributed by atoms with E-state index in [1.807, 2.05) is 6.92 Å². The second-order valence-electron chi connectivity index (χ2n) is 3.42. The number of aromatic carboxylic acids is 2. The summed E-state index contributed by atoms with van der Waals surface area (Å²) in [5.74, 6) is -2.32. The first kappa shape index (κ1) is 13.5. The average Bonchev–Trinajstić information content (AvgIpc) is 2.26. The lowest BCUT2D eigenvalue weighted by atomic mass is 10.1. The van der Waals surface area contributed by atoms with Gasteiger partial charge < -0.3 is 15.5 Å². The van der Waals surface area contributed by atoms with E-state index in [2.05, 4.69) is 21.2 Å². The van der Waals surface area contributed by atoms with Crippen LogP contribution in [0.3, 0.4) is 0 Å². The van der Waals surface area contributed by atoms with Crippen LogP contribution >= 0.6 is 15.9 Å². The standard InChI is InChI=1S/C11H12BrNO4/c1-2-3-13-9-7(11(16)17)4-6(10(14)15)5-8(9)12/h4-5,13H,2-3H2,1H3,(H,14,15)(H,16,17). The lowest BCUT2D eigenvalue weighted by molar-refractivity contribution is 0.0696. The van der Waals surface area contributed by atoms with Crippen LogP contribution in [-0.4, -0.2) is 28.7 Å². The van der Waals surface area contributed by atoms with Gasteiger partial charge >= 0.3 is 11.9 Å². The van der Waals surface area contributed by atoms with Crippen molar-refractivity contribution in [3.8, 4) is 0 Å². The number of hydrogen-bond acceptors (Lipinski definition) is 3. The van der Waals surface area contributed by atoms with E-state index in [0.29, 0.717) is 16.7 Å². The van der Waals surface area contributed by atoms with Crippen molar-refractivity contribution >= 4 is 33.6 Å². The minimum Gasteiger partial charge on any atom is -0.478 e. The second kappa shape index (κ2) is 5.67. The zero-order chi connectivity index (χ0) is 13.0. The van der Waals surface area contributed by atoms with Gasteiger partial charge in [-0.3, -0.25) is 0 Å². The number of hydrogen-bond donors (Lipinski definition) is 3. The average molecular weight is 302 g/mol. The van der Waals surface area contributed by atoms with Gasteiger partial charge in [-0.1, -0.05) is 6.92 Å². The molecule has 0 saturated heterocycles. The Morgan fingerprint density at radius 3 is 2.41 bits per heavy atom. The molecule has 5 nitrogen and oxygen atoms in total. The molecule has 0 bridgehead atoms. The third kappa shape index (κ3) is 3.20. The summed E-state index contributed by atoms with van der Waals surface area (Å²) in [7, 11) is 0. The molecule has 0 aliphatic carbocycles. The molecule has 0 heterocycles. The number of carbonyl (C=O) groups is 2. The minimum atomic E-state index is -1.16. The van der Waals surface area contributed by atoms with Crippen LogP contribution in [0.1, 0.15) is 34.1 Å². The monoisotopic (exact) mass is 301 g/mol. The molecule has 0 radical (unpaired) electrons. The number of carboxylic acids is 2. The van der Waals surface area contributed by atoms with E-state index in [-0.39, 0.29) is 11.1 Å². The molecule has 0 aromatic heterocycles. The van der Waals surface area contributed by atoms with E-state index in [9.17, 15) is 9.59 Å². The summed E-state index contributed by atoms with van der Waals surface area (Å²) in [6.45, 7) is 2.57. The maximum Gasteiger partial charge on any atom is 0.337 e. The Bertz CT molecular complexity index is 459. The van der Waals surface area contributed by atoms with Crippen LogP contribution in [0.5, 0.6) is 0 Å². The number of anilines is 1. The molecule has 0 atom stereocenters. The maximum absolute atomic E-state index is 11.1. The molecule has 1 aromatic rings. The molecule has 0 amide bonds. The molecule has 17 heavy (non-hydrogen) atoms. The minimum absolute atomic E-state index is 0.0507. The lowest BCUT2D eigenvalue weighted by Gasteiger charge is -2.12. The third-order valence-corrected chi connectivity index (χ3v) is 2.74. The van der Waals surface area contributed by atoms with Crippen LogP contribution in [0.25, 0.3) is 0 Å². The molecule has 0 spiro atoms. The van der Waals surface area contributed by atoms with Gasteiger partial charge in [-0.05, 0) is 34.5 Å². The van der Waals surface area contributed by atoms with Gasteiger partial charge in [0, 0.05) is 11.0 Å². The smallest absolute Gasteiger partial charge is 0.337 e.